The minimum Gasteiger partial charge on any atom is -0.507 e. The van der Waals surface area contributed by atoms with Crippen molar-refractivity contribution >= 4 is 39.4 Å². The van der Waals surface area contributed by atoms with Gasteiger partial charge in [0.15, 0.2) is 0 Å². The highest BCUT2D eigenvalue weighted by Gasteiger charge is 2.21. The number of phenols is 1. The SMILES string of the molecule is C=C(/C=C(/C=C/C1=C(c2ccccc2)C(=C/C=C2\C=C(c3ccccc3)Oc3cc(N(C)C)ccc32)/CCC1)c1ccc(N(C)C)cc1O)c1ccccc1. The molecule has 0 radical (unpaired) electrons. The van der Waals surface area contributed by atoms with Crippen molar-refractivity contribution in [2.24, 2.45) is 0 Å². The number of hydrogen-bond donors (Lipinski definition) is 1. The van der Waals surface area contributed by atoms with E-state index in [1.807, 2.05) is 87.7 Å². The maximum Gasteiger partial charge on any atom is 0.137 e. The van der Waals surface area contributed by atoms with Crippen LogP contribution >= 0.6 is 0 Å². The fraction of sp³-hybridized carbons (Fsp3) is 0.137. The number of allylic oxidation sites excluding steroid dienone is 12. The highest BCUT2D eigenvalue weighted by Crippen LogP contribution is 2.42. The molecular weight excluding hydrogens is 673 g/mol. The van der Waals surface area contributed by atoms with E-state index in [0.29, 0.717) is 0 Å². The number of aromatic hydroxyl groups is 1. The first-order valence-corrected chi connectivity index (χ1v) is 18.9. The molecule has 0 aromatic heterocycles. The molecule has 4 heteroatoms. The third-order valence-electron chi connectivity index (χ3n) is 10.2. The summed E-state index contributed by atoms with van der Waals surface area (Å²) in [5.41, 5.74) is 13.8. The summed E-state index contributed by atoms with van der Waals surface area (Å²) < 4.78 is 6.53. The van der Waals surface area contributed by atoms with Gasteiger partial charge in [-0.1, -0.05) is 122 Å². The number of hydrogen-bond acceptors (Lipinski definition) is 4. The third kappa shape index (κ3) is 8.50. The van der Waals surface area contributed by atoms with E-state index in [-0.39, 0.29) is 5.75 Å². The van der Waals surface area contributed by atoms with Gasteiger partial charge in [-0.25, -0.2) is 0 Å². The Balaban J connectivity index is 1.34. The summed E-state index contributed by atoms with van der Waals surface area (Å²) in [4.78, 5) is 4.09. The number of ether oxygens (including phenoxy) is 1. The van der Waals surface area contributed by atoms with E-state index < -0.39 is 0 Å². The summed E-state index contributed by atoms with van der Waals surface area (Å²) >= 11 is 0. The molecule has 4 nitrogen and oxygen atoms in total. The van der Waals surface area contributed by atoms with Crippen LogP contribution in [0.15, 0.2) is 182 Å². The molecule has 1 aliphatic carbocycles. The van der Waals surface area contributed by atoms with Crippen molar-refractivity contribution in [1.82, 2.24) is 0 Å². The van der Waals surface area contributed by atoms with Crippen LogP contribution in [0.3, 0.4) is 0 Å². The van der Waals surface area contributed by atoms with Crippen molar-refractivity contribution in [3.8, 4) is 11.5 Å². The van der Waals surface area contributed by atoms with Crippen LogP contribution in [0.1, 0.15) is 47.1 Å². The molecule has 0 saturated heterocycles. The Morgan fingerprint density at radius 2 is 1.35 bits per heavy atom. The Kier molecular flexibility index (Phi) is 11.1. The predicted molar refractivity (Wildman–Crippen MR) is 234 cm³/mol. The first-order chi connectivity index (χ1) is 26.7. The zero-order valence-corrected chi connectivity index (χ0v) is 32.2. The highest BCUT2D eigenvalue weighted by atomic mass is 16.5. The summed E-state index contributed by atoms with van der Waals surface area (Å²) in [6.07, 6.45) is 16.1. The molecule has 1 heterocycles. The summed E-state index contributed by atoms with van der Waals surface area (Å²) in [6.45, 7) is 4.41. The molecule has 55 heavy (non-hydrogen) atoms. The average Bonchev–Trinajstić information content (AvgIpc) is 3.22. The van der Waals surface area contributed by atoms with E-state index in [1.165, 1.54) is 22.3 Å². The fourth-order valence-corrected chi connectivity index (χ4v) is 7.16. The number of phenolic OH excluding ortho intramolecular Hbond substituents is 1. The van der Waals surface area contributed by atoms with Gasteiger partial charge < -0.3 is 19.6 Å². The van der Waals surface area contributed by atoms with Crippen LogP contribution in [0.5, 0.6) is 11.5 Å². The summed E-state index contributed by atoms with van der Waals surface area (Å²) in [7, 11) is 8.05. The van der Waals surface area contributed by atoms with Crippen molar-refractivity contribution in [1.29, 1.82) is 0 Å². The van der Waals surface area contributed by atoms with Gasteiger partial charge in [-0.05, 0) is 100 Å². The van der Waals surface area contributed by atoms with Crippen LogP contribution < -0.4 is 14.5 Å². The lowest BCUT2D eigenvalue weighted by molar-refractivity contribution is 0.474. The Bertz CT molecular complexity index is 2370. The second kappa shape index (κ2) is 16.7. The van der Waals surface area contributed by atoms with Crippen molar-refractivity contribution in [3.63, 3.8) is 0 Å². The lowest BCUT2D eigenvalue weighted by atomic mass is 9.82. The molecule has 0 amide bonds. The Morgan fingerprint density at radius 3 is 2.02 bits per heavy atom. The number of rotatable bonds is 10. The number of anilines is 2. The third-order valence-corrected chi connectivity index (χ3v) is 10.2. The lowest BCUT2D eigenvalue weighted by Crippen LogP contribution is -2.10. The first-order valence-electron chi connectivity index (χ1n) is 18.9. The first kappa shape index (κ1) is 36.8. The second-order valence-electron chi connectivity index (χ2n) is 14.4. The maximum atomic E-state index is 11.3. The molecule has 1 N–H and O–H groups in total. The zero-order chi connectivity index (χ0) is 38.3. The molecule has 0 atom stereocenters. The van der Waals surface area contributed by atoms with Crippen molar-refractivity contribution in [3.05, 3.63) is 209 Å². The molecule has 0 fully saturated rings. The molecule has 0 saturated carbocycles. The molecule has 0 bridgehead atoms. The van der Waals surface area contributed by atoms with Gasteiger partial charge in [0.05, 0.1) is 0 Å². The predicted octanol–water partition coefficient (Wildman–Crippen LogP) is 12.3. The molecule has 2 aliphatic rings. The molecular formula is C51H48N2O2. The van der Waals surface area contributed by atoms with Crippen LogP contribution in [-0.4, -0.2) is 33.3 Å². The van der Waals surface area contributed by atoms with E-state index in [4.69, 9.17) is 4.74 Å². The van der Waals surface area contributed by atoms with E-state index in [1.54, 1.807) is 0 Å². The van der Waals surface area contributed by atoms with Crippen LogP contribution in [0.4, 0.5) is 11.4 Å². The maximum absolute atomic E-state index is 11.3. The van der Waals surface area contributed by atoms with Gasteiger partial charge in [0.25, 0.3) is 0 Å². The van der Waals surface area contributed by atoms with E-state index in [2.05, 4.69) is 121 Å². The topological polar surface area (TPSA) is 35.9 Å². The zero-order valence-electron chi connectivity index (χ0n) is 32.2. The van der Waals surface area contributed by atoms with Gasteiger partial charge in [-0.15, -0.1) is 0 Å². The molecule has 274 valence electrons. The van der Waals surface area contributed by atoms with Gasteiger partial charge in [-0.2, -0.15) is 0 Å². The normalized spacial score (nSPS) is 15.9. The molecule has 7 rings (SSSR count). The number of nitrogens with zero attached hydrogens (tertiary/aromatic N) is 2. The van der Waals surface area contributed by atoms with Gasteiger partial charge in [0.1, 0.15) is 17.3 Å². The van der Waals surface area contributed by atoms with Crippen LogP contribution in [0.25, 0.3) is 28.1 Å². The molecule has 5 aromatic rings. The lowest BCUT2D eigenvalue weighted by Gasteiger charge is -2.24. The van der Waals surface area contributed by atoms with Gasteiger partial charge in [0.2, 0.25) is 0 Å². The van der Waals surface area contributed by atoms with Crippen LogP contribution in [0.2, 0.25) is 0 Å². The Labute approximate surface area is 326 Å². The number of benzene rings is 5. The highest BCUT2D eigenvalue weighted by molar-refractivity contribution is 5.92. The van der Waals surface area contributed by atoms with Crippen molar-refractivity contribution < 1.29 is 9.84 Å². The Hall–Kier alpha value is -6.52. The van der Waals surface area contributed by atoms with Crippen LogP contribution in [0, 0.1) is 0 Å². The molecule has 0 spiro atoms. The molecule has 5 aromatic carbocycles. The van der Waals surface area contributed by atoms with E-state index in [0.717, 1.165) is 81.1 Å². The van der Waals surface area contributed by atoms with Crippen molar-refractivity contribution in [2.75, 3.05) is 38.0 Å². The Morgan fingerprint density at radius 1 is 0.709 bits per heavy atom. The van der Waals surface area contributed by atoms with Gasteiger partial charge in [-0.3, -0.25) is 0 Å². The monoisotopic (exact) mass is 720 g/mol. The largest absolute Gasteiger partial charge is 0.507 e. The van der Waals surface area contributed by atoms with Crippen molar-refractivity contribution in [2.45, 2.75) is 19.3 Å². The summed E-state index contributed by atoms with van der Waals surface area (Å²) in [5.74, 6) is 1.91. The summed E-state index contributed by atoms with van der Waals surface area (Å²) in [5, 5.41) is 11.3. The molecule has 1 aliphatic heterocycles. The van der Waals surface area contributed by atoms with Gasteiger partial charge >= 0.3 is 0 Å². The van der Waals surface area contributed by atoms with E-state index in [9.17, 15) is 5.11 Å². The summed E-state index contributed by atoms with van der Waals surface area (Å²) in [6, 6.07) is 43.5. The minimum atomic E-state index is 0.230. The number of fused-ring (bicyclic) bond motifs is 1. The minimum absolute atomic E-state index is 0.230. The fourth-order valence-electron chi connectivity index (χ4n) is 7.16. The quantitative estimate of drug-likeness (QED) is 0.146. The smallest absolute Gasteiger partial charge is 0.137 e. The van der Waals surface area contributed by atoms with E-state index >= 15 is 0 Å². The van der Waals surface area contributed by atoms with Crippen LogP contribution in [-0.2, 0) is 0 Å². The standard InChI is InChI=1S/C51H48N2O2/c1-36(37-16-9-6-10-17-37)32-42(46-30-28-44(52(2)3)34-48(46)54)26-24-40-22-15-23-41(51(40)39-20-13-8-14-21-39)25-27-43-33-49(38-18-11-7-12-19-38)55-50-35-45(53(4)5)29-31-47(43)50/h6-14,16-21,24-35,54H,1,15,22-23H2,2-5H3/b26-24+,41-25+,42-32-,43-27+. The molecule has 0 unspecified atom stereocenters. The average molecular weight is 721 g/mol. The van der Waals surface area contributed by atoms with Gasteiger partial charge in [0, 0.05) is 68.4 Å². The second-order valence-corrected chi connectivity index (χ2v) is 14.4.